The molecule has 0 bridgehead atoms. The minimum absolute atomic E-state index is 0.0338. The molecule has 0 aliphatic rings. The van der Waals surface area contributed by atoms with Crippen molar-refractivity contribution in [1.29, 1.82) is 0 Å². The highest BCUT2D eigenvalue weighted by Crippen LogP contribution is 2.27. The van der Waals surface area contributed by atoms with Gasteiger partial charge in [0.15, 0.2) is 0 Å². The van der Waals surface area contributed by atoms with Gasteiger partial charge in [-0.2, -0.15) is 5.10 Å². The predicted octanol–water partition coefficient (Wildman–Crippen LogP) is 5.91. The molecule has 7 nitrogen and oxygen atoms in total. The summed E-state index contributed by atoms with van der Waals surface area (Å²) in [4.78, 5) is 29.8. The highest BCUT2D eigenvalue weighted by atomic mass is 16.4. The van der Waals surface area contributed by atoms with Crippen molar-refractivity contribution in [2.24, 2.45) is 5.41 Å². The molecule has 0 atom stereocenters. The van der Waals surface area contributed by atoms with Gasteiger partial charge in [-0.1, -0.05) is 93.6 Å². The molecule has 2 N–H and O–H groups in total. The van der Waals surface area contributed by atoms with E-state index in [9.17, 15) is 14.7 Å². The SMILES string of the molecule is CC(C)(C)Cc1nc2c(CCc3ccccc3)n[nH]c(=O)c2n1Cc1ccc(-c2ccccc2C(=O)O)cc1. The highest BCUT2D eigenvalue weighted by Gasteiger charge is 2.22. The number of carboxylic acids is 1. The van der Waals surface area contributed by atoms with Gasteiger partial charge in [-0.3, -0.25) is 4.79 Å². The first-order valence-corrected chi connectivity index (χ1v) is 13.1. The van der Waals surface area contributed by atoms with Crippen molar-refractivity contribution in [1.82, 2.24) is 19.7 Å². The van der Waals surface area contributed by atoms with E-state index in [4.69, 9.17) is 4.98 Å². The number of nitrogens with zero attached hydrogens (tertiary/aromatic N) is 3. The van der Waals surface area contributed by atoms with Crippen molar-refractivity contribution in [3.63, 3.8) is 0 Å². The largest absolute Gasteiger partial charge is 0.478 e. The van der Waals surface area contributed by atoms with Crippen LogP contribution in [0.3, 0.4) is 0 Å². The number of hydrogen-bond acceptors (Lipinski definition) is 4. The molecular weight excluding hydrogens is 488 g/mol. The normalized spacial score (nSPS) is 11.7. The van der Waals surface area contributed by atoms with Gasteiger partial charge in [0.1, 0.15) is 16.9 Å². The van der Waals surface area contributed by atoms with Crippen LogP contribution >= 0.6 is 0 Å². The summed E-state index contributed by atoms with van der Waals surface area (Å²) in [5, 5.41) is 16.7. The molecule has 5 aromatic rings. The number of hydrogen-bond donors (Lipinski definition) is 2. The lowest BCUT2D eigenvalue weighted by molar-refractivity contribution is 0.0697. The molecule has 2 heterocycles. The van der Waals surface area contributed by atoms with Gasteiger partial charge in [0.2, 0.25) is 0 Å². The maximum absolute atomic E-state index is 13.1. The van der Waals surface area contributed by atoms with Gasteiger partial charge in [-0.15, -0.1) is 0 Å². The number of aromatic nitrogens is 4. The van der Waals surface area contributed by atoms with E-state index in [0.29, 0.717) is 36.0 Å². The van der Waals surface area contributed by atoms with Crippen molar-refractivity contribution in [3.8, 4) is 11.1 Å². The molecule has 3 aromatic carbocycles. The van der Waals surface area contributed by atoms with Gasteiger partial charge in [-0.05, 0) is 46.6 Å². The third-order valence-corrected chi connectivity index (χ3v) is 6.77. The second-order valence-electron chi connectivity index (χ2n) is 11.1. The maximum atomic E-state index is 13.1. The monoisotopic (exact) mass is 520 g/mol. The van der Waals surface area contributed by atoms with Gasteiger partial charge >= 0.3 is 5.97 Å². The number of aromatic carboxylic acids is 1. The van der Waals surface area contributed by atoms with Crippen LogP contribution in [0.1, 0.15) is 53.8 Å². The molecule has 39 heavy (non-hydrogen) atoms. The number of carbonyl (C=O) groups is 1. The van der Waals surface area contributed by atoms with E-state index in [-0.39, 0.29) is 16.5 Å². The second kappa shape index (κ2) is 10.7. The molecule has 0 unspecified atom stereocenters. The summed E-state index contributed by atoms with van der Waals surface area (Å²) in [6, 6.07) is 25.0. The lowest BCUT2D eigenvalue weighted by atomic mass is 9.92. The Labute approximate surface area is 227 Å². The van der Waals surface area contributed by atoms with E-state index in [1.807, 2.05) is 59.2 Å². The quantitative estimate of drug-likeness (QED) is 0.265. The van der Waals surface area contributed by atoms with E-state index < -0.39 is 5.97 Å². The summed E-state index contributed by atoms with van der Waals surface area (Å²) in [6.07, 6.45) is 2.17. The van der Waals surface area contributed by atoms with Crippen LogP contribution in [0.25, 0.3) is 22.2 Å². The Morgan fingerprint density at radius 3 is 2.28 bits per heavy atom. The number of rotatable bonds is 8. The van der Waals surface area contributed by atoms with Crippen molar-refractivity contribution in [3.05, 3.63) is 117 Å². The Kier molecular flexibility index (Phi) is 7.15. The van der Waals surface area contributed by atoms with Crippen LogP contribution in [0.4, 0.5) is 0 Å². The fraction of sp³-hybridized carbons (Fsp3) is 0.250. The Hall–Kier alpha value is -4.52. The minimum Gasteiger partial charge on any atom is -0.478 e. The lowest BCUT2D eigenvalue weighted by Crippen LogP contribution is -2.18. The fourth-order valence-corrected chi connectivity index (χ4v) is 4.91. The number of H-pyrrole nitrogens is 1. The van der Waals surface area contributed by atoms with Crippen LogP contribution in [0.5, 0.6) is 0 Å². The van der Waals surface area contributed by atoms with E-state index in [0.717, 1.165) is 29.1 Å². The third-order valence-electron chi connectivity index (χ3n) is 6.77. The predicted molar refractivity (Wildman–Crippen MR) is 153 cm³/mol. The molecule has 198 valence electrons. The third kappa shape index (κ3) is 5.82. The number of benzene rings is 3. The average Bonchev–Trinajstić information content (AvgIpc) is 3.26. The minimum atomic E-state index is -0.956. The highest BCUT2D eigenvalue weighted by molar-refractivity contribution is 5.96. The van der Waals surface area contributed by atoms with Crippen molar-refractivity contribution in [2.75, 3.05) is 0 Å². The summed E-state index contributed by atoms with van der Waals surface area (Å²) in [5.41, 5.74) is 5.63. The Balaban J connectivity index is 1.52. The van der Waals surface area contributed by atoms with Gasteiger partial charge in [0, 0.05) is 13.0 Å². The summed E-state index contributed by atoms with van der Waals surface area (Å²) in [6.45, 7) is 6.94. The summed E-state index contributed by atoms with van der Waals surface area (Å²) >= 11 is 0. The number of aryl methyl sites for hydroxylation is 2. The molecular formula is C32H32N4O3. The van der Waals surface area contributed by atoms with Crippen LogP contribution in [-0.4, -0.2) is 30.8 Å². The van der Waals surface area contributed by atoms with Gasteiger partial charge in [0.25, 0.3) is 5.56 Å². The average molecular weight is 521 g/mol. The van der Waals surface area contributed by atoms with Crippen LogP contribution in [0, 0.1) is 5.41 Å². The zero-order valence-electron chi connectivity index (χ0n) is 22.4. The number of carboxylic acid groups (broad SMARTS) is 1. The Morgan fingerprint density at radius 2 is 1.59 bits per heavy atom. The molecule has 0 amide bonds. The van der Waals surface area contributed by atoms with E-state index in [1.165, 1.54) is 5.56 Å². The summed E-state index contributed by atoms with van der Waals surface area (Å²) < 4.78 is 2.01. The standard InChI is InChI=1S/C32H32N4O3/c1-32(2,3)19-27-33-28-26(18-15-21-9-5-4-6-10-21)34-35-30(37)29(28)36(27)20-22-13-16-23(17-14-22)24-11-7-8-12-25(24)31(38)39/h4-14,16-17H,15,18-20H2,1-3H3,(H,35,37)(H,38,39). The van der Waals surface area contributed by atoms with Crippen LogP contribution in [0.15, 0.2) is 83.7 Å². The molecule has 0 fully saturated rings. The smallest absolute Gasteiger partial charge is 0.336 e. The van der Waals surface area contributed by atoms with Crippen LogP contribution in [0.2, 0.25) is 0 Å². The topological polar surface area (TPSA) is 101 Å². The Morgan fingerprint density at radius 1 is 0.897 bits per heavy atom. The molecule has 5 rings (SSSR count). The zero-order chi connectivity index (χ0) is 27.6. The number of aromatic amines is 1. The van der Waals surface area contributed by atoms with Crippen molar-refractivity contribution < 1.29 is 9.90 Å². The fourth-order valence-electron chi connectivity index (χ4n) is 4.91. The zero-order valence-corrected chi connectivity index (χ0v) is 22.4. The molecule has 0 saturated carbocycles. The molecule has 0 aliphatic carbocycles. The number of fused-ring (bicyclic) bond motifs is 1. The maximum Gasteiger partial charge on any atom is 0.336 e. The second-order valence-corrected chi connectivity index (χ2v) is 11.1. The molecule has 7 heteroatoms. The van der Waals surface area contributed by atoms with Crippen LogP contribution in [-0.2, 0) is 25.8 Å². The summed E-state index contributed by atoms with van der Waals surface area (Å²) in [7, 11) is 0. The first kappa shape index (κ1) is 26.1. The molecule has 0 spiro atoms. The number of nitrogens with one attached hydrogen (secondary N) is 1. The lowest BCUT2D eigenvalue weighted by Gasteiger charge is -2.19. The van der Waals surface area contributed by atoms with Crippen molar-refractivity contribution >= 4 is 17.0 Å². The van der Waals surface area contributed by atoms with Gasteiger partial charge < -0.3 is 9.67 Å². The van der Waals surface area contributed by atoms with E-state index in [1.54, 1.807) is 12.1 Å². The van der Waals surface area contributed by atoms with E-state index in [2.05, 4.69) is 43.1 Å². The Bertz CT molecular complexity index is 1680. The first-order valence-electron chi connectivity index (χ1n) is 13.1. The first-order chi connectivity index (χ1) is 18.7. The number of imidazole rings is 1. The molecule has 0 saturated heterocycles. The molecule has 0 radical (unpaired) electrons. The van der Waals surface area contributed by atoms with Gasteiger partial charge in [0.05, 0.1) is 11.3 Å². The molecule has 0 aliphatic heterocycles. The van der Waals surface area contributed by atoms with E-state index >= 15 is 0 Å². The molecule has 2 aromatic heterocycles. The summed E-state index contributed by atoms with van der Waals surface area (Å²) in [5.74, 6) is -0.112. The van der Waals surface area contributed by atoms with Gasteiger partial charge in [-0.25, -0.2) is 14.9 Å². The van der Waals surface area contributed by atoms with Crippen molar-refractivity contribution in [2.45, 2.75) is 46.6 Å². The van der Waals surface area contributed by atoms with Crippen LogP contribution < -0.4 is 5.56 Å².